The summed E-state index contributed by atoms with van der Waals surface area (Å²) in [6.07, 6.45) is 2.53. The molecule has 1 aromatic carbocycles. The molecule has 2 aromatic rings. The molecule has 0 saturated heterocycles. The molecule has 32 heavy (non-hydrogen) atoms. The standard InChI is InChI=1S/C22H30N4O6/c1-22(2,3)32-21(30)25-17(19(28)24-18(13-27)20(29)31-4)10-16-11-23-14-26(16)12-15-8-6-5-7-9-15/h5-9,11,14,17-18,27H,10,12-13H2,1-4H3,(H,24,28)(H,25,30)/t17-,18-/m0/s1. The number of rotatable bonds is 9. The van der Waals surface area contributed by atoms with Crippen LogP contribution in [0.4, 0.5) is 4.79 Å². The lowest BCUT2D eigenvalue weighted by Crippen LogP contribution is -2.54. The number of alkyl carbamates (subject to hydrolysis) is 1. The van der Waals surface area contributed by atoms with Crippen molar-refractivity contribution in [3.8, 4) is 0 Å². The molecular weight excluding hydrogens is 416 g/mol. The van der Waals surface area contributed by atoms with Crippen molar-refractivity contribution in [1.82, 2.24) is 20.2 Å². The van der Waals surface area contributed by atoms with E-state index in [1.165, 1.54) is 0 Å². The third-order valence-electron chi connectivity index (χ3n) is 4.40. The number of imidazole rings is 1. The Morgan fingerprint density at radius 1 is 1.12 bits per heavy atom. The van der Waals surface area contributed by atoms with Crippen molar-refractivity contribution in [3.63, 3.8) is 0 Å². The van der Waals surface area contributed by atoms with Crippen LogP contribution >= 0.6 is 0 Å². The van der Waals surface area contributed by atoms with Gasteiger partial charge in [0, 0.05) is 24.9 Å². The smallest absolute Gasteiger partial charge is 0.408 e. The van der Waals surface area contributed by atoms with Gasteiger partial charge in [0.1, 0.15) is 11.6 Å². The van der Waals surface area contributed by atoms with Gasteiger partial charge in [-0.15, -0.1) is 0 Å². The number of aliphatic hydroxyl groups excluding tert-OH is 1. The lowest BCUT2D eigenvalue weighted by Gasteiger charge is -2.24. The summed E-state index contributed by atoms with van der Waals surface area (Å²) in [6.45, 7) is 4.99. The maximum absolute atomic E-state index is 12.9. The molecule has 0 saturated carbocycles. The number of hydrogen-bond donors (Lipinski definition) is 3. The minimum atomic E-state index is -1.26. The van der Waals surface area contributed by atoms with Crippen molar-refractivity contribution < 1.29 is 29.0 Å². The van der Waals surface area contributed by atoms with Gasteiger partial charge in [-0.3, -0.25) is 4.79 Å². The average molecular weight is 447 g/mol. The van der Waals surface area contributed by atoms with E-state index in [0.717, 1.165) is 12.7 Å². The molecule has 0 fully saturated rings. The number of amides is 2. The summed E-state index contributed by atoms with van der Waals surface area (Å²) < 4.78 is 11.7. The van der Waals surface area contributed by atoms with Gasteiger partial charge in [-0.2, -0.15) is 0 Å². The van der Waals surface area contributed by atoms with E-state index in [2.05, 4.69) is 20.4 Å². The summed E-state index contributed by atoms with van der Waals surface area (Å²) in [5.41, 5.74) is 0.961. The van der Waals surface area contributed by atoms with Gasteiger partial charge in [0.25, 0.3) is 0 Å². The molecule has 2 atom stereocenters. The van der Waals surface area contributed by atoms with Crippen molar-refractivity contribution in [3.05, 3.63) is 54.1 Å². The summed E-state index contributed by atoms with van der Waals surface area (Å²) in [7, 11) is 1.15. The van der Waals surface area contributed by atoms with Gasteiger partial charge in [-0.1, -0.05) is 30.3 Å². The Bertz CT molecular complexity index is 907. The fraction of sp³-hybridized carbons (Fsp3) is 0.455. The molecule has 174 valence electrons. The molecule has 1 aromatic heterocycles. The number of aliphatic hydroxyl groups is 1. The second-order valence-corrected chi connectivity index (χ2v) is 8.17. The molecule has 3 N–H and O–H groups in total. The van der Waals surface area contributed by atoms with Crippen LogP contribution in [0.2, 0.25) is 0 Å². The minimum absolute atomic E-state index is 0.0806. The van der Waals surface area contributed by atoms with Gasteiger partial charge in [0.05, 0.1) is 20.0 Å². The number of aromatic nitrogens is 2. The Kier molecular flexibility index (Phi) is 8.77. The predicted octanol–water partition coefficient (Wildman–Crippen LogP) is 1.02. The Labute approximate surface area is 186 Å². The van der Waals surface area contributed by atoms with Crippen LogP contribution in [-0.2, 0) is 32.0 Å². The topological polar surface area (TPSA) is 132 Å². The number of methoxy groups -OCH3 is 1. The molecule has 2 amide bonds. The highest BCUT2D eigenvalue weighted by Crippen LogP contribution is 2.11. The number of esters is 1. The van der Waals surface area contributed by atoms with Gasteiger partial charge >= 0.3 is 12.1 Å². The van der Waals surface area contributed by atoms with Gasteiger partial charge in [0.2, 0.25) is 5.91 Å². The molecule has 1 heterocycles. The zero-order valence-corrected chi connectivity index (χ0v) is 18.7. The van der Waals surface area contributed by atoms with Gasteiger partial charge < -0.3 is 29.8 Å². The molecule has 10 heteroatoms. The van der Waals surface area contributed by atoms with Gasteiger partial charge in [0.15, 0.2) is 6.04 Å². The Morgan fingerprint density at radius 2 is 1.81 bits per heavy atom. The molecule has 2 rings (SSSR count). The lowest BCUT2D eigenvalue weighted by molar-refractivity contribution is -0.146. The molecule has 0 aliphatic carbocycles. The van der Waals surface area contributed by atoms with E-state index >= 15 is 0 Å². The number of nitrogens with zero attached hydrogens (tertiary/aromatic N) is 2. The van der Waals surface area contributed by atoms with Gasteiger partial charge in [-0.25, -0.2) is 14.6 Å². The highest BCUT2D eigenvalue weighted by Gasteiger charge is 2.29. The molecular formula is C22H30N4O6. The van der Waals surface area contributed by atoms with E-state index in [-0.39, 0.29) is 6.42 Å². The van der Waals surface area contributed by atoms with Crippen LogP contribution in [0.5, 0.6) is 0 Å². The molecule has 0 bridgehead atoms. The number of hydrogen-bond acceptors (Lipinski definition) is 7. The van der Waals surface area contributed by atoms with Crippen molar-refractivity contribution >= 4 is 18.0 Å². The first-order valence-corrected chi connectivity index (χ1v) is 10.1. The van der Waals surface area contributed by atoms with Crippen LogP contribution in [0.1, 0.15) is 32.0 Å². The van der Waals surface area contributed by atoms with Crippen LogP contribution < -0.4 is 10.6 Å². The minimum Gasteiger partial charge on any atom is -0.467 e. The second-order valence-electron chi connectivity index (χ2n) is 8.17. The Balaban J connectivity index is 2.21. The van der Waals surface area contributed by atoms with Crippen LogP contribution in [-0.4, -0.2) is 64.0 Å². The summed E-state index contributed by atoms with van der Waals surface area (Å²) >= 11 is 0. The number of carbonyl (C=O) groups excluding carboxylic acids is 3. The van der Waals surface area contributed by atoms with Gasteiger partial charge in [-0.05, 0) is 26.3 Å². The third kappa shape index (κ3) is 7.69. The molecule has 0 spiro atoms. The first-order valence-electron chi connectivity index (χ1n) is 10.1. The van der Waals surface area contributed by atoms with E-state index in [1.54, 1.807) is 33.3 Å². The number of benzene rings is 1. The first-order chi connectivity index (χ1) is 15.1. The molecule has 10 nitrogen and oxygen atoms in total. The van der Waals surface area contributed by atoms with Crippen molar-refractivity contribution in [1.29, 1.82) is 0 Å². The number of carbonyl (C=O) groups is 3. The zero-order chi connectivity index (χ0) is 23.7. The van der Waals surface area contributed by atoms with E-state index < -0.39 is 42.3 Å². The van der Waals surface area contributed by atoms with Crippen molar-refractivity contribution in [2.75, 3.05) is 13.7 Å². The fourth-order valence-corrected chi connectivity index (χ4v) is 2.90. The molecule has 0 aliphatic rings. The Morgan fingerprint density at radius 3 is 2.41 bits per heavy atom. The fourth-order valence-electron chi connectivity index (χ4n) is 2.90. The van der Waals surface area contributed by atoms with E-state index in [4.69, 9.17) is 4.74 Å². The van der Waals surface area contributed by atoms with Crippen molar-refractivity contribution in [2.45, 2.75) is 51.4 Å². The van der Waals surface area contributed by atoms with Crippen molar-refractivity contribution in [2.24, 2.45) is 0 Å². The highest BCUT2D eigenvalue weighted by atomic mass is 16.6. The summed E-state index contributed by atoms with van der Waals surface area (Å²) in [5, 5.41) is 14.4. The number of ether oxygens (including phenoxy) is 2. The number of nitrogens with one attached hydrogen (secondary N) is 2. The molecule has 0 unspecified atom stereocenters. The van der Waals surface area contributed by atoms with E-state index in [1.807, 2.05) is 34.9 Å². The van der Waals surface area contributed by atoms with Crippen LogP contribution in [0.15, 0.2) is 42.9 Å². The van der Waals surface area contributed by atoms with E-state index in [0.29, 0.717) is 12.2 Å². The highest BCUT2D eigenvalue weighted by molar-refractivity contribution is 5.89. The Hall–Kier alpha value is -3.40. The summed E-state index contributed by atoms with van der Waals surface area (Å²) in [6, 6.07) is 7.36. The predicted molar refractivity (Wildman–Crippen MR) is 116 cm³/mol. The third-order valence-corrected chi connectivity index (χ3v) is 4.40. The maximum Gasteiger partial charge on any atom is 0.408 e. The maximum atomic E-state index is 12.9. The normalized spacial score (nSPS) is 13.0. The largest absolute Gasteiger partial charge is 0.467 e. The quantitative estimate of drug-likeness (QED) is 0.490. The van der Waals surface area contributed by atoms with Crippen LogP contribution in [0, 0.1) is 0 Å². The van der Waals surface area contributed by atoms with E-state index in [9.17, 15) is 19.5 Å². The van der Waals surface area contributed by atoms with Crippen LogP contribution in [0.25, 0.3) is 0 Å². The summed E-state index contributed by atoms with van der Waals surface area (Å²) in [4.78, 5) is 41.2. The zero-order valence-electron chi connectivity index (χ0n) is 18.7. The second kappa shape index (κ2) is 11.3. The lowest BCUT2D eigenvalue weighted by atomic mass is 10.1. The molecule has 0 radical (unpaired) electrons. The SMILES string of the molecule is COC(=O)[C@H](CO)NC(=O)[C@H](Cc1cncn1Cc1ccccc1)NC(=O)OC(C)(C)C. The molecule has 0 aliphatic heterocycles. The first kappa shape index (κ1) is 24.9. The monoisotopic (exact) mass is 446 g/mol. The average Bonchev–Trinajstić information content (AvgIpc) is 3.16. The van der Waals surface area contributed by atoms with Crippen LogP contribution in [0.3, 0.4) is 0 Å². The summed E-state index contributed by atoms with van der Waals surface area (Å²) in [5.74, 6) is -1.47.